The lowest BCUT2D eigenvalue weighted by molar-refractivity contribution is -0.136. The van der Waals surface area contributed by atoms with E-state index in [1.165, 1.54) is 19.1 Å². The maximum atomic E-state index is 12.3. The molecular weight excluding hydrogens is 294 g/mol. The first-order valence-corrected chi connectivity index (χ1v) is 6.96. The third-order valence-electron chi connectivity index (χ3n) is 3.12. The van der Waals surface area contributed by atoms with Crippen LogP contribution in [0.15, 0.2) is 48.5 Å². The molecule has 0 aliphatic heterocycles. The van der Waals surface area contributed by atoms with Crippen molar-refractivity contribution in [3.05, 3.63) is 54.1 Å². The van der Waals surface area contributed by atoms with E-state index in [4.69, 9.17) is 5.73 Å². The molecule has 2 rings (SSSR count). The number of amides is 3. The second kappa shape index (κ2) is 6.74. The Balaban J connectivity index is 2.24. The quantitative estimate of drug-likeness (QED) is 0.656. The van der Waals surface area contributed by atoms with Crippen LogP contribution in [0.2, 0.25) is 0 Å². The number of hydrogen-bond donors (Lipinski definition) is 2. The van der Waals surface area contributed by atoms with Crippen molar-refractivity contribution in [2.24, 2.45) is 0 Å². The van der Waals surface area contributed by atoms with Crippen molar-refractivity contribution in [2.75, 3.05) is 16.0 Å². The molecule has 0 unspecified atom stereocenters. The molecule has 0 heterocycles. The molecule has 0 radical (unpaired) electrons. The maximum absolute atomic E-state index is 12.3. The summed E-state index contributed by atoms with van der Waals surface area (Å²) in [5.74, 6) is -2.43. The second-order valence-electron chi connectivity index (χ2n) is 5.08. The van der Waals surface area contributed by atoms with Crippen molar-refractivity contribution in [1.29, 1.82) is 0 Å². The van der Waals surface area contributed by atoms with Gasteiger partial charge in [-0.05, 0) is 42.8 Å². The summed E-state index contributed by atoms with van der Waals surface area (Å²) in [4.78, 5) is 37.1. The smallest absolute Gasteiger partial charge is 0.323 e. The fourth-order valence-corrected chi connectivity index (χ4v) is 2.11. The molecule has 2 aromatic carbocycles. The summed E-state index contributed by atoms with van der Waals surface area (Å²) < 4.78 is 0. The monoisotopic (exact) mass is 311 g/mol. The standard InChI is InChI=1S/C17H17N3O3/c1-11-5-3-7-14(9-11)19-16(22)17(23)20(12(2)21)15-8-4-6-13(18)10-15/h3-10H,18H2,1-2H3,(H,19,22). The lowest BCUT2D eigenvalue weighted by Crippen LogP contribution is -2.42. The zero-order valence-electron chi connectivity index (χ0n) is 12.9. The number of aryl methyl sites for hydroxylation is 1. The van der Waals surface area contributed by atoms with Crippen LogP contribution in [-0.4, -0.2) is 17.7 Å². The third-order valence-corrected chi connectivity index (χ3v) is 3.12. The van der Waals surface area contributed by atoms with E-state index in [9.17, 15) is 14.4 Å². The highest BCUT2D eigenvalue weighted by atomic mass is 16.2. The van der Waals surface area contributed by atoms with Gasteiger partial charge in [-0.1, -0.05) is 18.2 Å². The van der Waals surface area contributed by atoms with Crippen molar-refractivity contribution in [1.82, 2.24) is 0 Å². The van der Waals surface area contributed by atoms with Gasteiger partial charge in [0.05, 0.1) is 5.69 Å². The number of nitrogens with one attached hydrogen (secondary N) is 1. The fourth-order valence-electron chi connectivity index (χ4n) is 2.11. The first-order chi connectivity index (χ1) is 10.9. The Morgan fingerprint density at radius 3 is 2.35 bits per heavy atom. The number of hydrogen-bond acceptors (Lipinski definition) is 4. The highest BCUT2D eigenvalue weighted by molar-refractivity contribution is 6.48. The maximum Gasteiger partial charge on any atom is 0.323 e. The number of carbonyl (C=O) groups is 3. The number of nitrogens with two attached hydrogens (primary N) is 1. The van der Waals surface area contributed by atoms with E-state index in [1.807, 2.05) is 13.0 Å². The number of nitrogen functional groups attached to an aromatic ring is 1. The molecular formula is C17H17N3O3. The van der Waals surface area contributed by atoms with Crippen LogP contribution in [-0.2, 0) is 14.4 Å². The van der Waals surface area contributed by atoms with Crippen LogP contribution in [0.3, 0.4) is 0 Å². The highest BCUT2D eigenvalue weighted by Crippen LogP contribution is 2.19. The summed E-state index contributed by atoms with van der Waals surface area (Å²) in [5, 5.41) is 2.49. The number of imide groups is 1. The molecule has 0 aliphatic rings. The van der Waals surface area contributed by atoms with Crippen LogP contribution in [0.1, 0.15) is 12.5 Å². The summed E-state index contributed by atoms with van der Waals surface area (Å²) >= 11 is 0. The molecule has 0 bridgehead atoms. The van der Waals surface area contributed by atoms with Crippen molar-refractivity contribution in [2.45, 2.75) is 13.8 Å². The molecule has 0 saturated heterocycles. The zero-order chi connectivity index (χ0) is 17.0. The largest absolute Gasteiger partial charge is 0.399 e. The Hall–Kier alpha value is -3.15. The molecule has 0 fully saturated rings. The molecule has 23 heavy (non-hydrogen) atoms. The third kappa shape index (κ3) is 3.94. The normalized spacial score (nSPS) is 10.0. The van der Waals surface area contributed by atoms with Crippen molar-refractivity contribution in [3.63, 3.8) is 0 Å². The number of benzene rings is 2. The molecule has 0 saturated carbocycles. The predicted octanol–water partition coefficient (Wildman–Crippen LogP) is 2.10. The summed E-state index contributed by atoms with van der Waals surface area (Å²) in [6.07, 6.45) is 0. The van der Waals surface area contributed by atoms with Gasteiger partial charge in [-0.25, -0.2) is 4.90 Å². The summed E-state index contributed by atoms with van der Waals surface area (Å²) in [6.45, 7) is 3.08. The molecule has 0 aromatic heterocycles. The Morgan fingerprint density at radius 1 is 1.04 bits per heavy atom. The van der Waals surface area contributed by atoms with Crippen LogP contribution < -0.4 is 16.0 Å². The molecule has 6 nitrogen and oxygen atoms in total. The van der Waals surface area contributed by atoms with Crippen molar-refractivity contribution < 1.29 is 14.4 Å². The fraction of sp³-hybridized carbons (Fsp3) is 0.118. The Kier molecular flexibility index (Phi) is 4.75. The predicted molar refractivity (Wildman–Crippen MR) is 88.8 cm³/mol. The molecule has 118 valence electrons. The number of rotatable bonds is 2. The minimum absolute atomic E-state index is 0.252. The Labute approximate surface area is 133 Å². The van der Waals surface area contributed by atoms with Gasteiger partial charge in [0.2, 0.25) is 5.91 Å². The van der Waals surface area contributed by atoms with Crippen LogP contribution in [0.25, 0.3) is 0 Å². The minimum Gasteiger partial charge on any atom is -0.399 e. The van der Waals surface area contributed by atoms with Crippen molar-refractivity contribution >= 4 is 34.8 Å². The lowest BCUT2D eigenvalue weighted by atomic mass is 10.2. The molecule has 2 aromatic rings. The van der Waals surface area contributed by atoms with Gasteiger partial charge in [0.1, 0.15) is 0 Å². The number of nitrogens with zero attached hydrogens (tertiary/aromatic N) is 1. The average molecular weight is 311 g/mol. The summed E-state index contributed by atoms with van der Waals surface area (Å²) in [7, 11) is 0. The second-order valence-corrected chi connectivity index (χ2v) is 5.08. The van der Waals surface area contributed by atoms with E-state index in [0.717, 1.165) is 10.5 Å². The van der Waals surface area contributed by atoms with Gasteiger partial charge < -0.3 is 11.1 Å². The molecule has 0 atom stereocenters. The van der Waals surface area contributed by atoms with E-state index in [2.05, 4.69) is 5.32 Å². The zero-order valence-corrected chi connectivity index (χ0v) is 12.9. The number of anilines is 3. The van der Waals surface area contributed by atoms with Gasteiger partial charge in [-0.2, -0.15) is 0 Å². The summed E-state index contributed by atoms with van der Waals surface area (Å²) in [6, 6.07) is 13.2. The molecule has 3 N–H and O–H groups in total. The molecule has 3 amide bonds. The van der Waals surface area contributed by atoms with Gasteiger partial charge in [0.15, 0.2) is 0 Å². The Morgan fingerprint density at radius 2 is 1.74 bits per heavy atom. The molecule has 0 aliphatic carbocycles. The number of carbonyl (C=O) groups excluding carboxylic acids is 3. The van der Waals surface area contributed by atoms with E-state index in [1.54, 1.807) is 30.3 Å². The average Bonchev–Trinajstić information content (AvgIpc) is 2.47. The van der Waals surface area contributed by atoms with Crippen LogP contribution in [0.4, 0.5) is 17.1 Å². The van der Waals surface area contributed by atoms with E-state index < -0.39 is 17.7 Å². The first-order valence-electron chi connectivity index (χ1n) is 6.96. The van der Waals surface area contributed by atoms with Gasteiger partial charge >= 0.3 is 11.8 Å². The van der Waals surface area contributed by atoms with Crippen molar-refractivity contribution in [3.8, 4) is 0 Å². The molecule has 0 spiro atoms. The summed E-state index contributed by atoms with van der Waals surface area (Å²) in [5.41, 5.74) is 7.73. The SMILES string of the molecule is CC(=O)N(C(=O)C(=O)Nc1cccc(C)c1)c1cccc(N)c1. The van der Waals surface area contributed by atoms with E-state index in [0.29, 0.717) is 11.4 Å². The van der Waals surface area contributed by atoms with Gasteiger partial charge in [-0.15, -0.1) is 0 Å². The van der Waals surface area contributed by atoms with Crippen LogP contribution >= 0.6 is 0 Å². The van der Waals surface area contributed by atoms with E-state index >= 15 is 0 Å². The highest BCUT2D eigenvalue weighted by Gasteiger charge is 2.27. The Bertz CT molecular complexity index is 771. The van der Waals surface area contributed by atoms with Gasteiger partial charge in [0.25, 0.3) is 0 Å². The lowest BCUT2D eigenvalue weighted by Gasteiger charge is -2.19. The van der Waals surface area contributed by atoms with Crippen LogP contribution in [0.5, 0.6) is 0 Å². The topological polar surface area (TPSA) is 92.5 Å². The molecule has 6 heteroatoms. The van der Waals surface area contributed by atoms with Gasteiger partial charge in [-0.3, -0.25) is 14.4 Å². The van der Waals surface area contributed by atoms with Crippen LogP contribution in [0, 0.1) is 6.92 Å². The first kappa shape index (κ1) is 16.2. The van der Waals surface area contributed by atoms with Gasteiger partial charge in [0, 0.05) is 18.3 Å². The minimum atomic E-state index is -0.968. The van der Waals surface area contributed by atoms with E-state index in [-0.39, 0.29) is 5.69 Å².